The number of nitrogens with one attached hydrogen (secondary N) is 1. The second-order valence-corrected chi connectivity index (χ2v) is 26.4. The molecule has 574 valence electrons. The maximum absolute atomic E-state index is 13.4. The van der Waals surface area contributed by atoms with Crippen molar-refractivity contribution in [2.75, 3.05) is 26.4 Å². The van der Waals surface area contributed by atoms with E-state index in [-0.39, 0.29) is 18.9 Å². The fourth-order valence-electron chi connectivity index (χ4n) is 11.7. The number of hydrogen-bond acceptors (Lipinski definition) is 18. The summed E-state index contributed by atoms with van der Waals surface area (Å²) in [5, 5.41) is 121. The van der Waals surface area contributed by atoms with Crippen molar-refractivity contribution in [3.63, 3.8) is 0 Å². The van der Waals surface area contributed by atoms with Crippen LogP contribution in [0.2, 0.25) is 0 Å². The van der Waals surface area contributed by atoms with Crippen molar-refractivity contribution in [2.24, 2.45) is 0 Å². The van der Waals surface area contributed by atoms with Crippen molar-refractivity contribution in [3.05, 3.63) is 158 Å². The van der Waals surface area contributed by atoms with Crippen molar-refractivity contribution in [2.45, 2.75) is 324 Å². The number of hydrogen-bond donors (Lipinski definition) is 12. The minimum absolute atomic E-state index is 0.203. The molecule has 3 rings (SSSR count). The zero-order valence-electron chi connectivity index (χ0n) is 61.1. The SMILES string of the molecule is CC/C=C\C/C=C\C/C=C\C/C=C\C/C=C\C/C=C\C/C=C\C/C=C\C/C=C\C/C=C\C/C=C\C/C=C\CCCCCCC(=O)NC(COC1OC(CO)C(OC2OC(CO)C(OC3OC(CO)C(O)C(O)C3O)C(O)C2O)C(O)C1O)C(O)/C=C/CCCCCCCCCCCCCCC. The fourth-order valence-corrected chi connectivity index (χ4v) is 11.7. The minimum Gasteiger partial charge on any atom is -0.394 e. The molecular formula is C82H133NO18. The summed E-state index contributed by atoms with van der Waals surface area (Å²) in [6.45, 7) is 1.57. The van der Waals surface area contributed by atoms with Crippen molar-refractivity contribution in [1.82, 2.24) is 5.32 Å². The largest absolute Gasteiger partial charge is 0.394 e. The first kappa shape index (κ1) is 90.6. The van der Waals surface area contributed by atoms with Crippen molar-refractivity contribution in [3.8, 4) is 0 Å². The molecule has 0 spiro atoms. The number of rotatable bonds is 57. The molecule has 0 aliphatic carbocycles. The van der Waals surface area contributed by atoms with Crippen LogP contribution in [-0.2, 0) is 33.2 Å². The van der Waals surface area contributed by atoms with E-state index in [1.54, 1.807) is 6.08 Å². The Hall–Kier alpha value is -4.59. The molecule has 3 aliphatic rings. The molecule has 3 aliphatic heterocycles. The summed E-state index contributed by atoms with van der Waals surface area (Å²) >= 11 is 0. The first-order valence-electron chi connectivity index (χ1n) is 38.2. The van der Waals surface area contributed by atoms with Gasteiger partial charge < -0.3 is 89.9 Å². The van der Waals surface area contributed by atoms with Gasteiger partial charge in [-0.25, -0.2) is 0 Å². The van der Waals surface area contributed by atoms with Gasteiger partial charge in [0.15, 0.2) is 18.9 Å². The highest BCUT2D eigenvalue weighted by atomic mass is 16.8. The Labute approximate surface area is 605 Å². The summed E-state index contributed by atoms with van der Waals surface area (Å²) in [5.41, 5.74) is 0. The van der Waals surface area contributed by atoms with Gasteiger partial charge in [0, 0.05) is 6.42 Å². The number of ether oxygens (including phenoxy) is 6. The van der Waals surface area contributed by atoms with Crippen LogP contribution < -0.4 is 5.32 Å². The average Bonchev–Trinajstić information content (AvgIpc) is 0.782. The first-order chi connectivity index (χ1) is 49.3. The number of carbonyl (C=O) groups excluding carboxylic acids is 1. The third-order valence-electron chi connectivity index (χ3n) is 17.8. The summed E-state index contributed by atoms with van der Waals surface area (Å²) in [6.07, 6.45) is 62.2. The second-order valence-electron chi connectivity index (χ2n) is 26.4. The van der Waals surface area contributed by atoms with Crippen LogP contribution in [0.3, 0.4) is 0 Å². The number of amides is 1. The molecule has 0 saturated carbocycles. The van der Waals surface area contributed by atoms with E-state index in [2.05, 4.69) is 165 Å². The summed E-state index contributed by atoms with van der Waals surface area (Å²) in [7, 11) is 0. The lowest BCUT2D eigenvalue weighted by atomic mass is 9.96. The van der Waals surface area contributed by atoms with E-state index in [0.717, 1.165) is 128 Å². The highest BCUT2D eigenvalue weighted by Gasteiger charge is 2.53. The zero-order valence-corrected chi connectivity index (χ0v) is 61.1. The molecule has 17 unspecified atom stereocenters. The molecule has 19 nitrogen and oxygen atoms in total. The molecular weight excluding hydrogens is 1290 g/mol. The van der Waals surface area contributed by atoms with E-state index in [0.29, 0.717) is 6.42 Å². The molecule has 3 saturated heterocycles. The molecule has 0 bridgehead atoms. The molecule has 17 atom stereocenters. The van der Waals surface area contributed by atoms with E-state index in [1.165, 1.54) is 64.2 Å². The quantitative estimate of drug-likeness (QED) is 0.0199. The van der Waals surface area contributed by atoms with Crippen LogP contribution in [0.1, 0.15) is 219 Å². The molecule has 3 fully saturated rings. The molecule has 19 heteroatoms. The average molecular weight is 1420 g/mol. The Bertz CT molecular complexity index is 2440. The summed E-state index contributed by atoms with van der Waals surface area (Å²) in [5.74, 6) is -0.307. The van der Waals surface area contributed by atoms with Gasteiger partial charge in [-0.15, -0.1) is 0 Å². The summed E-state index contributed by atoms with van der Waals surface area (Å²) in [6, 6.07) is -0.999. The lowest BCUT2D eigenvalue weighted by Crippen LogP contribution is -2.66. The maximum Gasteiger partial charge on any atom is 0.220 e. The second kappa shape index (κ2) is 60.7. The zero-order chi connectivity index (χ0) is 73.2. The molecule has 101 heavy (non-hydrogen) atoms. The van der Waals surface area contributed by atoms with Crippen LogP contribution in [0.5, 0.6) is 0 Å². The number of unbranched alkanes of at least 4 members (excludes halogenated alkanes) is 17. The van der Waals surface area contributed by atoms with Gasteiger partial charge in [-0.3, -0.25) is 4.79 Å². The predicted octanol–water partition coefficient (Wildman–Crippen LogP) is 12.1. The Morgan fingerprint density at radius 2 is 0.683 bits per heavy atom. The van der Waals surface area contributed by atoms with Crippen LogP contribution >= 0.6 is 0 Å². The Morgan fingerprint density at radius 3 is 1.07 bits per heavy atom. The Kier molecular flexibility index (Phi) is 54.4. The van der Waals surface area contributed by atoms with Crippen molar-refractivity contribution < 1.29 is 89.4 Å². The number of allylic oxidation sites excluding steroid dienone is 25. The molecule has 0 aromatic heterocycles. The molecule has 12 N–H and O–H groups in total. The van der Waals surface area contributed by atoms with Gasteiger partial charge in [0.05, 0.1) is 38.6 Å². The lowest BCUT2D eigenvalue weighted by Gasteiger charge is -2.48. The number of carbonyl (C=O) groups is 1. The van der Waals surface area contributed by atoms with Gasteiger partial charge in [0.2, 0.25) is 5.91 Å². The van der Waals surface area contributed by atoms with E-state index < -0.39 is 124 Å². The van der Waals surface area contributed by atoms with E-state index in [9.17, 15) is 61.0 Å². The third kappa shape index (κ3) is 41.0. The van der Waals surface area contributed by atoms with Gasteiger partial charge >= 0.3 is 0 Å². The molecule has 0 radical (unpaired) electrons. The summed E-state index contributed by atoms with van der Waals surface area (Å²) < 4.78 is 34.3. The number of aliphatic hydroxyl groups is 11. The van der Waals surface area contributed by atoms with Crippen LogP contribution in [0.25, 0.3) is 0 Å². The predicted molar refractivity (Wildman–Crippen MR) is 401 cm³/mol. The van der Waals surface area contributed by atoms with Crippen LogP contribution in [0.4, 0.5) is 0 Å². The topological polar surface area (TPSA) is 307 Å². The van der Waals surface area contributed by atoms with Crippen molar-refractivity contribution >= 4 is 5.91 Å². The highest BCUT2D eigenvalue weighted by Crippen LogP contribution is 2.33. The van der Waals surface area contributed by atoms with Gasteiger partial charge in [-0.05, 0) is 109 Å². The van der Waals surface area contributed by atoms with Gasteiger partial charge in [0.1, 0.15) is 73.2 Å². The van der Waals surface area contributed by atoms with Crippen LogP contribution in [-0.4, -0.2) is 193 Å². The lowest BCUT2D eigenvalue weighted by molar-refractivity contribution is -0.379. The fraction of sp³-hybridized carbons (Fsp3) is 0.671. The minimum atomic E-state index is -1.99. The van der Waals surface area contributed by atoms with E-state index in [4.69, 9.17) is 28.4 Å². The van der Waals surface area contributed by atoms with Crippen molar-refractivity contribution in [1.29, 1.82) is 0 Å². The van der Waals surface area contributed by atoms with Crippen LogP contribution in [0, 0.1) is 0 Å². The van der Waals surface area contributed by atoms with Gasteiger partial charge in [0.25, 0.3) is 0 Å². The molecule has 3 heterocycles. The first-order valence-corrected chi connectivity index (χ1v) is 38.2. The standard InChI is InChI=1S/C82H133NO18/c1-3-5-7-9-11-13-15-17-19-20-21-22-23-24-25-26-27-28-29-30-31-32-33-34-35-36-37-38-39-40-41-42-43-44-46-48-50-52-54-56-58-60-70(88)83-65(66(87)59-57-55-53-51-49-47-45-18-16-14-12-10-8-6-4-2)64-96-80-76(94)73(91)78(68(62-85)98-80)101-82-77(95)74(92)79(69(63-86)99-82)100-81-75(93)72(90)71(89)67(61-84)97-81/h5,7,11,13,17,19,21-22,24-25,27-28,30-31,33-34,36-37,39-40,42-43,46,48,57,59,65-69,71-82,84-87,89-95H,3-4,6,8-10,12,14-16,18,20,23,26,29,32,35,38,41,44-45,47,49-56,58,60-64H2,1-2H3,(H,83,88)/b7-5-,13-11-,19-17-,22-21-,25-24-,28-27-,31-30-,34-33-,37-36-,40-39-,43-42-,48-46-,59-57+. The Balaban J connectivity index is 1.36. The highest BCUT2D eigenvalue weighted by molar-refractivity contribution is 5.76. The molecule has 0 aromatic rings. The third-order valence-corrected chi connectivity index (χ3v) is 17.8. The molecule has 1 amide bonds. The maximum atomic E-state index is 13.4. The molecule has 0 aromatic carbocycles. The van der Waals surface area contributed by atoms with E-state index >= 15 is 0 Å². The number of aliphatic hydroxyl groups excluding tert-OH is 11. The van der Waals surface area contributed by atoms with E-state index in [1.807, 2.05) is 6.08 Å². The Morgan fingerprint density at radius 1 is 0.366 bits per heavy atom. The van der Waals surface area contributed by atoms with Gasteiger partial charge in [-0.2, -0.15) is 0 Å². The monoisotopic (exact) mass is 1420 g/mol. The smallest absolute Gasteiger partial charge is 0.220 e. The van der Waals surface area contributed by atoms with Gasteiger partial charge in [-0.1, -0.05) is 262 Å². The van der Waals surface area contributed by atoms with Crippen LogP contribution in [0.15, 0.2) is 158 Å². The normalized spacial score (nSPS) is 27.2. The summed E-state index contributed by atoms with van der Waals surface area (Å²) in [4.78, 5) is 13.4.